The lowest BCUT2D eigenvalue weighted by Crippen LogP contribution is -2.43. The molecule has 1 atom stereocenters. The number of benzene rings is 1. The Labute approximate surface area is 161 Å². The Balaban J connectivity index is 1.96. The first-order chi connectivity index (χ1) is 13.1. The molecule has 0 saturated heterocycles. The third-order valence-corrected chi connectivity index (χ3v) is 4.30. The van der Waals surface area contributed by atoms with Gasteiger partial charge in [0.05, 0.1) is 17.5 Å². The largest absolute Gasteiger partial charge is 0.491 e. The van der Waals surface area contributed by atoms with E-state index in [-0.39, 0.29) is 12.4 Å². The molecule has 28 heavy (non-hydrogen) atoms. The molecule has 0 amide bonds. The fraction of sp³-hybridized carbons (Fsp3) is 0.400. The van der Waals surface area contributed by atoms with Crippen molar-refractivity contribution >= 4 is 5.65 Å². The predicted molar refractivity (Wildman–Crippen MR) is 101 cm³/mol. The van der Waals surface area contributed by atoms with E-state index in [9.17, 15) is 13.2 Å². The summed E-state index contributed by atoms with van der Waals surface area (Å²) in [7, 11) is 0. The van der Waals surface area contributed by atoms with Crippen LogP contribution < -0.4 is 10.5 Å². The Morgan fingerprint density at radius 2 is 1.89 bits per heavy atom. The topological polar surface area (TPSA) is 65.4 Å². The average molecular weight is 392 g/mol. The van der Waals surface area contributed by atoms with Crippen molar-refractivity contribution in [3.8, 4) is 17.0 Å². The van der Waals surface area contributed by atoms with Crippen LogP contribution in [0.4, 0.5) is 13.2 Å². The molecule has 2 aromatic heterocycles. The third-order valence-electron chi connectivity index (χ3n) is 4.30. The molecule has 0 radical (unpaired) electrons. The molecule has 1 aromatic carbocycles. The first-order valence-electron chi connectivity index (χ1n) is 8.99. The standard InChI is InChI=1S/C20H23F3N4O/c1-13(2)11-19(3,24)12-28-17-5-4-14(10-15(17)20(21,22)23)16-6-8-25-18-7-9-26-27(16)18/h4-10,13H,11-12,24H2,1-3H3. The minimum absolute atomic E-state index is 0.00767. The summed E-state index contributed by atoms with van der Waals surface area (Å²) in [4.78, 5) is 4.14. The predicted octanol–water partition coefficient (Wildman–Crippen LogP) is 4.56. The molecule has 0 bridgehead atoms. The molecule has 1 unspecified atom stereocenters. The summed E-state index contributed by atoms with van der Waals surface area (Å²) >= 11 is 0. The second-order valence-electron chi connectivity index (χ2n) is 7.68. The van der Waals surface area contributed by atoms with Gasteiger partial charge in [0, 0.05) is 23.4 Å². The van der Waals surface area contributed by atoms with Gasteiger partial charge in [-0.2, -0.15) is 18.3 Å². The molecule has 5 nitrogen and oxygen atoms in total. The molecule has 2 N–H and O–H groups in total. The number of nitrogens with two attached hydrogens (primary N) is 1. The van der Waals surface area contributed by atoms with Crippen LogP contribution in [0.15, 0.2) is 42.7 Å². The lowest BCUT2D eigenvalue weighted by atomic mass is 9.93. The van der Waals surface area contributed by atoms with Crippen molar-refractivity contribution in [2.45, 2.75) is 38.9 Å². The van der Waals surface area contributed by atoms with Crippen molar-refractivity contribution in [2.75, 3.05) is 6.61 Å². The molecular weight excluding hydrogens is 369 g/mol. The van der Waals surface area contributed by atoms with Crippen LogP contribution in [0.25, 0.3) is 16.9 Å². The smallest absolute Gasteiger partial charge is 0.419 e. The zero-order valence-electron chi connectivity index (χ0n) is 16.0. The maximum absolute atomic E-state index is 13.7. The van der Waals surface area contributed by atoms with Crippen LogP contribution in [0, 0.1) is 5.92 Å². The first-order valence-corrected chi connectivity index (χ1v) is 8.99. The molecule has 0 saturated carbocycles. The lowest BCUT2D eigenvalue weighted by molar-refractivity contribution is -0.139. The van der Waals surface area contributed by atoms with Crippen molar-refractivity contribution < 1.29 is 17.9 Å². The second-order valence-corrected chi connectivity index (χ2v) is 7.68. The fourth-order valence-electron chi connectivity index (χ4n) is 3.32. The normalized spacial score (nSPS) is 14.4. The van der Waals surface area contributed by atoms with E-state index in [1.165, 1.54) is 16.8 Å². The van der Waals surface area contributed by atoms with Gasteiger partial charge in [0.1, 0.15) is 12.4 Å². The third kappa shape index (κ3) is 4.44. The zero-order chi connectivity index (χ0) is 20.5. The van der Waals surface area contributed by atoms with Crippen LogP contribution >= 0.6 is 0 Å². The van der Waals surface area contributed by atoms with Gasteiger partial charge < -0.3 is 10.5 Å². The van der Waals surface area contributed by atoms with E-state index in [4.69, 9.17) is 10.5 Å². The Bertz CT molecular complexity index is 963. The number of fused-ring (bicyclic) bond motifs is 1. The van der Waals surface area contributed by atoms with Gasteiger partial charge in [-0.15, -0.1) is 0 Å². The number of nitrogens with zero attached hydrogens (tertiary/aromatic N) is 3. The summed E-state index contributed by atoms with van der Waals surface area (Å²) in [5.41, 5.74) is 6.04. The Morgan fingerprint density at radius 3 is 2.57 bits per heavy atom. The molecule has 2 heterocycles. The number of hydrogen-bond donors (Lipinski definition) is 1. The lowest BCUT2D eigenvalue weighted by Gasteiger charge is -2.27. The average Bonchev–Trinajstić information content (AvgIpc) is 3.06. The molecular formula is C20H23F3N4O. The van der Waals surface area contributed by atoms with E-state index in [0.29, 0.717) is 29.2 Å². The van der Waals surface area contributed by atoms with Crippen molar-refractivity contribution in [2.24, 2.45) is 11.7 Å². The van der Waals surface area contributed by atoms with Crippen LogP contribution in [0.2, 0.25) is 0 Å². The van der Waals surface area contributed by atoms with Gasteiger partial charge in [-0.25, -0.2) is 9.50 Å². The van der Waals surface area contributed by atoms with Crippen LogP contribution in [-0.4, -0.2) is 26.7 Å². The summed E-state index contributed by atoms with van der Waals surface area (Å²) in [5, 5.41) is 4.13. The molecule has 0 aliphatic carbocycles. The molecule has 8 heteroatoms. The summed E-state index contributed by atoms with van der Waals surface area (Å²) in [6.45, 7) is 5.78. The molecule has 150 valence electrons. The van der Waals surface area contributed by atoms with Crippen LogP contribution in [0.1, 0.15) is 32.8 Å². The first kappa shape index (κ1) is 20.1. The van der Waals surface area contributed by atoms with Gasteiger partial charge in [0.2, 0.25) is 0 Å². The van der Waals surface area contributed by atoms with E-state index in [2.05, 4.69) is 10.1 Å². The number of alkyl halides is 3. The van der Waals surface area contributed by atoms with Crippen molar-refractivity contribution in [3.05, 3.63) is 48.3 Å². The summed E-state index contributed by atoms with van der Waals surface area (Å²) in [5.74, 6) is 0.0775. The summed E-state index contributed by atoms with van der Waals surface area (Å²) < 4.78 is 48.1. The number of halogens is 3. The number of aromatic nitrogens is 3. The minimum atomic E-state index is -4.56. The number of rotatable bonds is 6. The van der Waals surface area contributed by atoms with Gasteiger partial charge in [0.15, 0.2) is 5.65 Å². The number of ether oxygens (including phenoxy) is 1. The second kappa shape index (κ2) is 7.43. The Kier molecular flexibility index (Phi) is 5.34. The van der Waals surface area contributed by atoms with Crippen molar-refractivity contribution in [1.29, 1.82) is 0 Å². The maximum Gasteiger partial charge on any atom is 0.419 e. The van der Waals surface area contributed by atoms with Gasteiger partial charge in [0.25, 0.3) is 0 Å². The van der Waals surface area contributed by atoms with Crippen molar-refractivity contribution in [1.82, 2.24) is 14.6 Å². The fourth-order valence-corrected chi connectivity index (χ4v) is 3.32. The monoisotopic (exact) mass is 392 g/mol. The minimum Gasteiger partial charge on any atom is -0.491 e. The highest BCUT2D eigenvalue weighted by molar-refractivity contribution is 5.65. The highest BCUT2D eigenvalue weighted by Gasteiger charge is 2.35. The Hall–Kier alpha value is -2.61. The maximum atomic E-state index is 13.7. The van der Waals surface area contributed by atoms with Crippen molar-refractivity contribution in [3.63, 3.8) is 0 Å². The van der Waals surface area contributed by atoms with Gasteiger partial charge >= 0.3 is 6.18 Å². The van der Waals surface area contributed by atoms with Crippen LogP contribution in [-0.2, 0) is 6.18 Å². The molecule has 3 aromatic rings. The molecule has 0 spiro atoms. The van der Waals surface area contributed by atoms with Gasteiger partial charge in [-0.05, 0) is 43.5 Å². The zero-order valence-corrected chi connectivity index (χ0v) is 16.0. The highest BCUT2D eigenvalue weighted by Crippen LogP contribution is 2.39. The molecule has 3 rings (SSSR count). The quantitative estimate of drug-likeness (QED) is 0.668. The van der Waals surface area contributed by atoms with Gasteiger partial charge in [-0.3, -0.25) is 0 Å². The van der Waals surface area contributed by atoms with Crippen LogP contribution in [0.3, 0.4) is 0 Å². The van der Waals surface area contributed by atoms with E-state index in [0.717, 1.165) is 6.07 Å². The van der Waals surface area contributed by atoms with E-state index >= 15 is 0 Å². The molecule has 0 fully saturated rings. The summed E-state index contributed by atoms with van der Waals surface area (Å²) in [6, 6.07) is 7.29. The van der Waals surface area contributed by atoms with E-state index < -0.39 is 17.3 Å². The van der Waals surface area contributed by atoms with Crippen LogP contribution in [0.5, 0.6) is 5.75 Å². The highest BCUT2D eigenvalue weighted by atomic mass is 19.4. The SMILES string of the molecule is CC(C)CC(C)(N)COc1ccc(-c2ccnc3ccnn23)cc1C(F)(F)F. The summed E-state index contributed by atoms with van der Waals surface area (Å²) in [6.07, 6.45) is -0.841. The van der Waals surface area contributed by atoms with Gasteiger partial charge in [-0.1, -0.05) is 13.8 Å². The van der Waals surface area contributed by atoms with E-state index in [1.807, 2.05) is 13.8 Å². The molecule has 0 aliphatic heterocycles. The number of hydrogen-bond acceptors (Lipinski definition) is 4. The van der Waals surface area contributed by atoms with E-state index in [1.54, 1.807) is 31.3 Å². The Morgan fingerprint density at radius 1 is 1.14 bits per heavy atom. The molecule has 0 aliphatic rings.